The molecule has 70 valence electrons. The van der Waals surface area contributed by atoms with Gasteiger partial charge in [-0.15, -0.1) is 0 Å². The minimum absolute atomic E-state index is 0.0159. The lowest BCUT2D eigenvalue weighted by Crippen LogP contribution is -2.02. The first-order chi connectivity index (χ1) is 6.06. The fraction of sp³-hybridized carbons (Fsp3) is 0.222. The van der Waals surface area contributed by atoms with Gasteiger partial charge in [0.15, 0.2) is 0 Å². The monoisotopic (exact) mass is 246 g/mol. The zero-order valence-electron chi connectivity index (χ0n) is 6.97. The molecular formula is C9H8BrFO2. The van der Waals surface area contributed by atoms with E-state index in [9.17, 15) is 9.18 Å². The van der Waals surface area contributed by atoms with Gasteiger partial charge in [0.25, 0.3) is 0 Å². The molecule has 1 aromatic rings. The van der Waals surface area contributed by atoms with Crippen LogP contribution in [0, 0.1) is 12.7 Å². The second-order valence-electron chi connectivity index (χ2n) is 2.70. The van der Waals surface area contributed by atoms with E-state index in [1.54, 1.807) is 6.92 Å². The topological polar surface area (TPSA) is 37.3 Å². The number of carbonyl (C=O) groups is 1. The Kier molecular flexibility index (Phi) is 3.03. The third kappa shape index (κ3) is 2.06. The molecule has 0 saturated heterocycles. The van der Waals surface area contributed by atoms with Crippen LogP contribution in [0.3, 0.4) is 0 Å². The third-order valence-electron chi connectivity index (χ3n) is 1.77. The fourth-order valence-electron chi connectivity index (χ4n) is 1.07. The molecule has 0 aliphatic carbocycles. The van der Waals surface area contributed by atoms with Crippen molar-refractivity contribution in [3.63, 3.8) is 0 Å². The first-order valence-electron chi connectivity index (χ1n) is 3.64. The van der Waals surface area contributed by atoms with E-state index in [0.717, 1.165) is 6.07 Å². The number of rotatable bonds is 2. The molecule has 0 fully saturated rings. The highest BCUT2D eigenvalue weighted by Gasteiger charge is 2.11. The minimum Gasteiger partial charge on any atom is -0.478 e. The molecule has 1 aromatic carbocycles. The summed E-state index contributed by atoms with van der Waals surface area (Å²) < 4.78 is 13.1. The Bertz CT molecular complexity index is 350. The summed E-state index contributed by atoms with van der Waals surface area (Å²) in [6.07, 6.45) is 0. The number of hydrogen-bond acceptors (Lipinski definition) is 1. The van der Waals surface area contributed by atoms with Gasteiger partial charge in [-0.3, -0.25) is 0 Å². The second-order valence-corrected chi connectivity index (χ2v) is 3.26. The lowest BCUT2D eigenvalue weighted by molar-refractivity contribution is 0.0695. The zero-order valence-corrected chi connectivity index (χ0v) is 8.56. The van der Waals surface area contributed by atoms with Crippen molar-refractivity contribution in [2.45, 2.75) is 12.3 Å². The highest BCUT2D eigenvalue weighted by molar-refractivity contribution is 9.08. The lowest BCUT2D eigenvalue weighted by Gasteiger charge is -2.04. The van der Waals surface area contributed by atoms with Crippen molar-refractivity contribution in [3.05, 3.63) is 34.6 Å². The van der Waals surface area contributed by atoms with E-state index in [1.807, 2.05) is 0 Å². The molecule has 0 atom stereocenters. The molecular weight excluding hydrogens is 239 g/mol. The molecule has 13 heavy (non-hydrogen) atoms. The van der Waals surface area contributed by atoms with Gasteiger partial charge < -0.3 is 5.11 Å². The number of carboxylic acids is 1. The summed E-state index contributed by atoms with van der Waals surface area (Å²) in [7, 11) is 0. The maximum absolute atomic E-state index is 13.1. The van der Waals surface area contributed by atoms with Crippen LogP contribution in [0.2, 0.25) is 0 Å². The van der Waals surface area contributed by atoms with E-state index in [1.165, 1.54) is 6.07 Å². The first-order valence-corrected chi connectivity index (χ1v) is 4.76. The van der Waals surface area contributed by atoms with Crippen LogP contribution < -0.4 is 0 Å². The number of aryl methyl sites for hydroxylation is 1. The smallest absolute Gasteiger partial charge is 0.336 e. The van der Waals surface area contributed by atoms with Crippen LogP contribution in [0.1, 0.15) is 21.5 Å². The standard InChI is InChI=1S/C9H8BrFO2/c1-5-2-6(4-10)8(11)3-7(5)9(12)13/h2-3H,4H2,1H3,(H,12,13). The third-order valence-corrected chi connectivity index (χ3v) is 2.37. The molecule has 0 amide bonds. The van der Waals surface area contributed by atoms with Crippen LogP contribution in [-0.2, 0) is 5.33 Å². The molecule has 0 saturated carbocycles. The molecule has 0 aliphatic rings. The summed E-state index contributed by atoms with van der Waals surface area (Å²) in [4.78, 5) is 10.6. The molecule has 0 heterocycles. The lowest BCUT2D eigenvalue weighted by atomic mass is 10.1. The van der Waals surface area contributed by atoms with E-state index >= 15 is 0 Å². The predicted octanol–water partition coefficient (Wildman–Crippen LogP) is 2.73. The Morgan fingerprint density at radius 2 is 2.23 bits per heavy atom. The summed E-state index contributed by atoms with van der Waals surface area (Å²) in [5.41, 5.74) is 1.06. The largest absolute Gasteiger partial charge is 0.478 e. The summed E-state index contributed by atoms with van der Waals surface area (Å²) >= 11 is 3.12. The van der Waals surface area contributed by atoms with Gasteiger partial charge in [0.2, 0.25) is 0 Å². The van der Waals surface area contributed by atoms with Crippen molar-refractivity contribution in [3.8, 4) is 0 Å². The normalized spacial score (nSPS) is 10.1. The molecule has 4 heteroatoms. The van der Waals surface area contributed by atoms with Crippen LogP contribution in [0.25, 0.3) is 0 Å². The summed E-state index contributed by atoms with van der Waals surface area (Å²) in [6, 6.07) is 2.59. The van der Waals surface area contributed by atoms with E-state index in [0.29, 0.717) is 16.5 Å². The Hall–Kier alpha value is -0.900. The van der Waals surface area contributed by atoms with Crippen molar-refractivity contribution in [1.29, 1.82) is 0 Å². The number of carboxylic acid groups (broad SMARTS) is 1. The number of benzene rings is 1. The molecule has 0 aromatic heterocycles. The molecule has 1 N–H and O–H groups in total. The second kappa shape index (κ2) is 3.87. The van der Waals surface area contributed by atoms with E-state index in [-0.39, 0.29) is 5.56 Å². The van der Waals surface area contributed by atoms with Crippen molar-refractivity contribution in [1.82, 2.24) is 0 Å². The summed E-state index contributed by atoms with van der Waals surface area (Å²) in [5, 5.41) is 9.06. The number of halogens is 2. The minimum atomic E-state index is -1.10. The Balaban J connectivity index is 3.28. The number of hydrogen-bond donors (Lipinski definition) is 1. The van der Waals surface area contributed by atoms with Crippen LogP contribution in [0.5, 0.6) is 0 Å². The van der Waals surface area contributed by atoms with Crippen molar-refractivity contribution < 1.29 is 14.3 Å². The fourth-order valence-corrected chi connectivity index (χ4v) is 1.50. The predicted molar refractivity (Wildman–Crippen MR) is 50.7 cm³/mol. The van der Waals surface area contributed by atoms with Crippen LogP contribution in [0.4, 0.5) is 4.39 Å². The quantitative estimate of drug-likeness (QED) is 0.816. The molecule has 0 spiro atoms. The van der Waals surface area contributed by atoms with E-state index in [4.69, 9.17) is 5.11 Å². The van der Waals surface area contributed by atoms with Gasteiger partial charge in [0.05, 0.1) is 5.56 Å². The van der Waals surface area contributed by atoms with Crippen LogP contribution in [-0.4, -0.2) is 11.1 Å². The highest BCUT2D eigenvalue weighted by Crippen LogP contribution is 2.17. The van der Waals surface area contributed by atoms with Crippen molar-refractivity contribution in [2.75, 3.05) is 0 Å². The van der Waals surface area contributed by atoms with Gasteiger partial charge in [-0.1, -0.05) is 22.0 Å². The van der Waals surface area contributed by atoms with Gasteiger partial charge in [0, 0.05) is 5.33 Å². The van der Waals surface area contributed by atoms with Crippen molar-refractivity contribution in [2.24, 2.45) is 0 Å². The molecule has 1 rings (SSSR count). The van der Waals surface area contributed by atoms with E-state index in [2.05, 4.69) is 15.9 Å². The Morgan fingerprint density at radius 3 is 2.69 bits per heavy atom. The molecule has 0 aliphatic heterocycles. The summed E-state index contributed by atoms with van der Waals surface area (Å²) in [5.74, 6) is -1.59. The molecule has 0 radical (unpaired) electrons. The van der Waals surface area contributed by atoms with Gasteiger partial charge in [-0.2, -0.15) is 0 Å². The van der Waals surface area contributed by atoms with Gasteiger partial charge in [-0.25, -0.2) is 9.18 Å². The first kappa shape index (κ1) is 10.2. The maximum atomic E-state index is 13.1. The Labute approximate surface area is 83.5 Å². The average molecular weight is 247 g/mol. The van der Waals surface area contributed by atoms with Gasteiger partial charge in [0.1, 0.15) is 5.82 Å². The maximum Gasteiger partial charge on any atom is 0.336 e. The van der Waals surface area contributed by atoms with E-state index < -0.39 is 11.8 Å². The molecule has 0 unspecified atom stereocenters. The summed E-state index contributed by atoms with van der Waals surface area (Å²) in [6.45, 7) is 1.65. The van der Waals surface area contributed by atoms with Crippen molar-refractivity contribution >= 4 is 21.9 Å². The zero-order chi connectivity index (χ0) is 10.0. The number of alkyl halides is 1. The molecule has 2 nitrogen and oxygen atoms in total. The molecule has 0 bridgehead atoms. The number of aromatic carboxylic acids is 1. The average Bonchev–Trinajstić information content (AvgIpc) is 2.07. The highest BCUT2D eigenvalue weighted by atomic mass is 79.9. The van der Waals surface area contributed by atoms with Gasteiger partial charge in [-0.05, 0) is 24.1 Å². The van der Waals surface area contributed by atoms with Crippen LogP contribution in [0.15, 0.2) is 12.1 Å². The SMILES string of the molecule is Cc1cc(CBr)c(F)cc1C(=O)O. The Morgan fingerprint density at radius 1 is 1.62 bits per heavy atom. The van der Waals surface area contributed by atoms with Gasteiger partial charge >= 0.3 is 5.97 Å². The van der Waals surface area contributed by atoms with Crippen LogP contribution >= 0.6 is 15.9 Å².